The van der Waals surface area contributed by atoms with Crippen molar-refractivity contribution in [3.8, 4) is 5.75 Å². The molecule has 5 nitrogen and oxygen atoms in total. The Labute approximate surface area is 149 Å². The van der Waals surface area contributed by atoms with Gasteiger partial charge in [0.25, 0.3) is 0 Å². The van der Waals surface area contributed by atoms with E-state index >= 15 is 0 Å². The highest BCUT2D eigenvalue weighted by atomic mass is 16.5. The standard InChI is InChI=1S/C20H26N2O3/c1-25-18-9-7-17(8-10-18)22-14-16(13-19(22)23)20(24)21-12-11-15-5-3-2-4-6-15/h5,7-10,16H,2-4,6,11-14H2,1H3,(H,21,24)/t16-/m0/s1. The Kier molecular flexibility index (Phi) is 5.74. The molecule has 1 heterocycles. The molecule has 0 radical (unpaired) electrons. The van der Waals surface area contributed by atoms with Crippen molar-refractivity contribution in [3.05, 3.63) is 35.9 Å². The van der Waals surface area contributed by atoms with Crippen LogP contribution in [0.3, 0.4) is 0 Å². The molecule has 1 saturated heterocycles. The third-order valence-corrected chi connectivity index (χ3v) is 5.01. The van der Waals surface area contributed by atoms with Crippen LogP contribution in [0.2, 0.25) is 0 Å². The number of nitrogens with one attached hydrogen (secondary N) is 1. The Morgan fingerprint density at radius 3 is 2.76 bits per heavy atom. The first kappa shape index (κ1) is 17.5. The highest BCUT2D eigenvalue weighted by Crippen LogP contribution is 2.27. The highest BCUT2D eigenvalue weighted by molar-refractivity contribution is 6.00. The second-order valence-electron chi connectivity index (χ2n) is 6.75. The molecule has 1 atom stereocenters. The maximum Gasteiger partial charge on any atom is 0.227 e. The van der Waals surface area contributed by atoms with Crippen LogP contribution in [0.4, 0.5) is 5.69 Å². The lowest BCUT2D eigenvalue weighted by Crippen LogP contribution is -2.33. The fraction of sp³-hybridized carbons (Fsp3) is 0.500. The largest absolute Gasteiger partial charge is 0.497 e. The van der Waals surface area contributed by atoms with E-state index in [1.165, 1.54) is 18.4 Å². The van der Waals surface area contributed by atoms with Crippen molar-refractivity contribution in [2.45, 2.75) is 38.5 Å². The number of amides is 2. The number of nitrogens with zero attached hydrogens (tertiary/aromatic N) is 1. The Morgan fingerprint density at radius 1 is 1.28 bits per heavy atom. The minimum atomic E-state index is -0.269. The number of hydrogen-bond donors (Lipinski definition) is 1. The Balaban J connectivity index is 1.50. The number of ether oxygens (including phenoxy) is 1. The van der Waals surface area contributed by atoms with E-state index in [1.54, 1.807) is 12.0 Å². The van der Waals surface area contributed by atoms with E-state index in [4.69, 9.17) is 4.74 Å². The first-order chi connectivity index (χ1) is 12.2. The van der Waals surface area contributed by atoms with Gasteiger partial charge in [-0.05, 0) is 56.4 Å². The molecule has 25 heavy (non-hydrogen) atoms. The first-order valence-electron chi connectivity index (χ1n) is 9.07. The lowest BCUT2D eigenvalue weighted by atomic mass is 9.97. The average Bonchev–Trinajstić information content (AvgIpc) is 3.04. The lowest BCUT2D eigenvalue weighted by molar-refractivity contribution is -0.126. The maximum absolute atomic E-state index is 12.4. The number of carbonyl (C=O) groups is 2. The number of carbonyl (C=O) groups excluding carboxylic acids is 2. The fourth-order valence-corrected chi connectivity index (χ4v) is 3.52. The van der Waals surface area contributed by atoms with Crippen LogP contribution in [-0.4, -0.2) is 32.0 Å². The van der Waals surface area contributed by atoms with Crippen molar-refractivity contribution in [2.75, 3.05) is 25.1 Å². The molecule has 1 N–H and O–H groups in total. The second-order valence-corrected chi connectivity index (χ2v) is 6.75. The quantitative estimate of drug-likeness (QED) is 0.809. The summed E-state index contributed by atoms with van der Waals surface area (Å²) in [6.45, 7) is 1.11. The van der Waals surface area contributed by atoms with Crippen LogP contribution in [-0.2, 0) is 9.59 Å². The summed E-state index contributed by atoms with van der Waals surface area (Å²) >= 11 is 0. The van der Waals surface area contributed by atoms with Crippen molar-refractivity contribution in [2.24, 2.45) is 5.92 Å². The molecule has 5 heteroatoms. The molecular weight excluding hydrogens is 316 g/mol. The molecule has 0 spiro atoms. The molecule has 1 aromatic rings. The molecule has 2 amide bonds. The zero-order chi connectivity index (χ0) is 17.6. The molecule has 0 bridgehead atoms. The van der Waals surface area contributed by atoms with Gasteiger partial charge in [-0.25, -0.2) is 0 Å². The summed E-state index contributed by atoms with van der Waals surface area (Å²) < 4.78 is 5.14. The SMILES string of the molecule is COc1ccc(N2C[C@@H](C(=O)NCCC3=CCCCC3)CC2=O)cc1. The van der Waals surface area contributed by atoms with Crippen molar-refractivity contribution in [3.63, 3.8) is 0 Å². The summed E-state index contributed by atoms with van der Waals surface area (Å²) in [5.41, 5.74) is 2.27. The van der Waals surface area contributed by atoms with E-state index < -0.39 is 0 Å². The number of allylic oxidation sites excluding steroid dienone is 1. The van der Waals surface area contributed by atoms with Gasteiger partial charge in [0.1, 0.15) is 5.75 Å². The minimum absolute atomic E-state index is 0.000283. The van der Waals surface area contributed by atoms with E-state index in [-0.39, 0.29) is 24.2 Å². The van der Waals surface area contributed by atoms with Crippen molar-refractivity contribution in [1.29, 1.82) is 0 Å². The van der Waals surface area contributed by atoms with Gasteiger partial charge in [-0.2, -0.15) is 0 Å². The molecule has 0 saturated carbocycles. The van der Waals surface area contributed by atoms with E-state index in [9.17, 15) is 9.59 Å². The van der Waals surface area contributed by atoms with Gasteiger partial charge < -0.3 is 15.0 Å². The van der Waals surface area contributed by atoms with Crippen LogP contribution in [0, 0.1) is 5.92 Å². The Bertz CT molecular complexity index is 651. The van der Waals surface area contributed by atoms with E-state index in [0.717, 1.165) is 30.7 Å². The summed E-state index contributed by atoms with van der Waals surface area (Å²) in [5, 5.41) is 3.00. The Hall–Kier alpha value is -2.30. The highest BCUT2D eigenvalue weighted by Gasteiger charge is 2.34. The molecule has 0 aromatic heterocycles. The van der Waals surface area contributed by atoms with Gasteiger partial charge in [-0.15, -0.1) is 0 Å². The van der Waals surface area contributed by atoms with Gasteiger partial charge in [-0.1, -0.05) is 11.6 Å². The zero-order valence-electron chi connectivity index (χ0n) is 14.8. The second kappa shape index (κ2) is 8.19. The topological polar surface area (TPSA) is 58.6 Å². The predicted molar refractivity (Wildman–Crippen MR) is 97.6 cm³/mol. The van der Waals surface area contributed by atoms with Crippen molar-refractivity contribution < 1.29 is 14.3 Å². The summed E-state index contributed by atoms with van der Waals surface area (Å²) in [5.74, 6) is 0.470. The number of rotatable bonds is 6. The summed E-state index contributed by atoms with van der Waals surface area (Å²) in [4.78, 5) is 26.3. The van der Waals surface area contributed by atoms with Gasteiger partial charge in [0.2, 0.25) is 11.8 Å². The third-order valence-electron chi connectivity index (χ3n) is 5.01. The lowest BCUT2D eigenvalue weighted by Gasteiger charge is -2.17. The van der Waals surface area contributed by atoms with E-state index in [1.807, 2.05) is 24.3 Å². The van der Waals surface area contributed by atoms with Gasteiger partial charge >= 0.3 is 0 Å². The summed E-state index contributed by atoms with van der Waals surface area (Å²) in [7, 11) is 1.61. The average molecular weight is 342 g/mol. The summed E-state index contributed by atoms with van der Waals surface area (Å²) in [6.07, 6.45) is 8.37. The van der Waals surface area contributed by atoms with E-state index in [2.05, 4.69) is 11.4 Å². The number of methoxy groups -OCH3 is 1. The maximum atomic E-state index is 12.4. The van der Waals surface area contributed by atoms with Gasteiger partial charge in [0.15, 0.2) is 0 Å². The molecule has 3 rings (SSSR count). The van der Waals surface area contributed by atoms with Gasteiger partial charge in [-0.3, -0.25) is 9.59 Å². The molecule has 1 aliphatic carbocycles. The van der Waals surface area contributed by atoms with Crippen LogP contribution >= 0.6 is 0 Å². The van der Waals surface area contributed by atoms with Gasteiger partial charge in [0.05, 0.1) is 13.0 Å². The first-order valence-corrected chi connectivity index (χ1v) is 9.07. The molecule has 2 aliphatic rings. The van der Waals surface area contributed by atoms with Crippen LogP contribution in [0.1, 0.15) is 38.5 Å². The van der Waals surface area contributed by atoms with Crippen molar-refractivity contribution >= 4 is 17.5 Å². The minimum Gasteiger partial charge on any atom is -0.497 e. The molecule has 1 aromatic carbocycles. The normalized spacial score (nSPS) is 20.4. The number of benzene rings is 1. The van der Waals surface area contributed by atoms with Gasteiger partial charge in [0, 0.05) is 25.2 Å². The smallest absolute Gasteiger partial charge is 0.227 e. The van der Waals surface area contributed by atoms with Crippen LogP contribution in [0.25, 0.3) is 0 Å². The third kappa shape index (κ3) is 4.41. The van der Waals surface area contributed by atoms with Crippen LogP contribution < -0.4 is 15.0 Å². The van der Waals surface area contributed by atoms with Crippen LogP contribution in [0.15, 0.2) is 35.9 Å². The Morgan fingerprint density at radius 2 is 2.08 bits per heavy atom. The summed E-state index contributed by atoms with van der Waals surface area (Å²) in [6, 6.07) is 7.36. The van der Waals surface area contributed by atoms with E-state index in [0.29, 0.717) is 13.1 Å². The molecule has 1 fully saturated rings. The molecular formula is C20H26N2O3. The van der Waals surface area contributed by atoms with Crippen LogP contribution in [0.5, 0.6) is 5.75 Å². The van der Waals surface area contributed by atoms with Crippen molar-refractivity contribution in [1.82, 2.24) is 5.32 Å². The predicted octanol–water partition coefficient (Wildman–Crippen LogP) is 3.05. The number of hydrogen-bond acceptors (Lipinski definition) is 3. The monoisotopic (exact) mass is 342 g/mol. The zero-order valence-corrected chi connectivity index (χ0v) is 14.8. The fourth-order valence-electron chi connectivity index (χ4n) is 3.52. The molecule has 0 unspecified atom stereocenters. The molecule has 134 valence electrons. The molecule has 1 aliphatic heterocycles. The number of anilines is 1.